The van der Waals surface area contributed by atoms with Gasteiger partial charge in [0.05, 0.1) is 18.9 Å². The van der Waals surface area contributed by atoms with Crippen molar-refractivity contribution in [2.75, 3.05) is 31.6 Å². The number of likely N-dealkylation sites (tertiary alicyclic amines) is 1. The Morgan fingerprint density at radius 2 is 1.96 bits per heavy atom. The van der Waals surface area contributed by atoms with Crippen LogP contribution in [0.5, 0.6) is 0 Å². The van der Waals surface area contributed by atoms with E-state index in [1.165, 1.54) is 19.3 Å². The second kappa shape index (κ2) is 6.23. The number of aromatic nitrogens is 5. The maximum atomic E-state index is 4.76. The summed E-state index contributed by atoms with van der Waals surface area (Å²) in [7, 11) is 2.15. The molecule has 1 atom stereocenters. The highest BCUT2D eigenvalue weighted by molar-refractivity contribution is 5.39. The Morgan fingerprint density at radius 1 is 1.13 bits per heavy atom. The zero-order valence-electron chi connectivity index (χ0n) is 13.5. The first-order valence-corrected chi connectivity index (χ1v) is 8.42. The standard InChI is InChI=1S/C16H23N7/c1-21(15-4-6-17-16(20-15)13-2-3-13)14-5-9-22(12-14)10-11-23-18-7-8-19-23/h4,6-8,13-14H,2-3,5,9-12H2,1H3. The lowest BCUT2D eigenvalue weighted by atomic mass is 10.2. The van der Waals surface area contributed by atoms with Crippen LogP contribution in [0, 0.1) is 0 Å². The summed E-state index contributed by atoms with van der Waals surface area (Å²) in [6.07, 6.45) is 9.02. The van der Waals surface area contributed by atoms with E-state index < -0.39 is 0 Å². The third-order valence-corrected chi connectivity index (χ3v) is 4.84. The molecular formula is C16H23N7. The van der Waals surface area contributed by atoms with Crippen LogP contribution in [0.2, 0.25) is 0 Å². The molecule has 1 saturated carbocycles. The number of rotatable bonds is 6. The highest BCUT2D eigenvalue weighted by Gasteiger charge is 2.29. The molecule has 0 spiro atoms. The van der Waals surface area contributed by atoms with E-state index in [9.17, 15) is 0 Å². The van der Waals surface area contributed by atoms with E-state index >= 15 is 0 Å². The van der Waals surface area contributed by atoms with E-state index in [1.807, 2.05) is 12.3 Å². The predicted octanol–water partition coefficient (Wildman–Crippen LogP) is 1.16. The van der Waals surface area contributed by atoms with Crippen LogP contribution in [0.15, 0.2) is 24.7 Å². The fourth-order valence-electron chi connectivity index (χ4n) is 3.21. The molecule has 122 valence electrons. The van der Waals surface area contributed by atoms with Crippen LogP contribution in [0.25, 0.3) is 0 Å². The van der Waals surface area contributed by atoms with Gasteiger partial charge < -0.3 is 4.90 Å². The highest BCUT2D eigenvalue weighted by Crippen LogP contribution is 2.38. The average molecular weight is 313 g/mol. The van der Waals surface area contributed by atoms with E-state index in [1.54, 1.807) is 17.2 Å². The quantitative estimate of drug-likeness (QED) is 0.797. The number of anilines is 1. The van der Waals surface area contributed by atoms with Crippen molar-refractivity contribution in [3.63, 3.8) is 0 Å². The first-order chi connectivity index (χ1) is 11.3. The van der Waals surface area contributed by atoms with Gasteiger partial charge in [-0.15, -0.1) is 0 Å². The third kappa shape index (κ3) is 3.34. The molecular weight excluding hydrogens is 290 g/mol. The summed E-state index contributed by atoms with van der Waals surface area (Å²) in [5, 5.41) is 8.33. The Balaban J connectivity index is 1.34. The van der Waals surface area contributed by atoms with Crippen LogP contribution in [0.3, 0.4) is 0 Å². The van der Waals surface area contributed by atoms with Gasteiger partial charge in [-0.3, -0.25) is 4.90 Å². The Kier molecular flexibility index (Phi) is 3.95. The van der Waals surface area contributed by atoms with Gasteiger partial charge in [0.15, 0.2) is 0 Å². The predicted molar refractivity (Wildman–Crippen MR) is 87.3 cm³/mol. The summed E-state index contributed by atoms with van der Waals surface area (Å²) >= 11 is 0. The second-order valence-corrected chi connectivity index (χ2v) is 6.53. The lowest BCUT2D eigenvalue weighted by Crippen LogP contribution is -2.36. The minimum absolute atomic E-state index is 0.516. The van der Waals surface area contributed by atoms with Crippen molar-refractivity contribution < 1.29 is 0 Å². The van der Waals surface area contributed by atoms with E-state index in [4.69, 9.17) is 4.98 Å². The minimum Gasteiger partial charge on any atom is -0.355 e. The smallest absolute Gasteiger partial charge is 0.133 e. The van der Waals surface area contributed by atoms with Gasteiger partial charge in [0.2, 0.25) is 0 Å². The zero-order chi connectivity index (χ0) is 15.6. The molecule has 7 nitrogen and oxygen atoms in total. The molecule has 0 bridgehead atoms. The van der Waals surface area contributed by atoms with Gasteiger partial charge in [-0.25, -0.2) is 9.97 Å². The molecule has 23 heavy (non-hydrogen) atoms. The Labute approximate surface area is 136 Å². The molecule has 0 aromatic carbocycles. The number of hydrogen-bond donors (Lipinski definition) is 0. The molecule has 2 aromatic rings. The normalized spacial score (nSPS) is 21.7. The summed E-state index contributed by atoms with van der Waals surface area (Å²) in [5.41, 5.74) is 0. The van der Waals surface area contributed by atoms with Crippen LogP contribution in [0.4, 0.5) is 5.82 Å². The van der Waals surface area contributed by atoms with Gasteiger partial charge in [0.25, 0.3) is 0 Å². The average Bonchev–Trinajstić information content (AvgIpc) is 3.10. The second-order valence-electron chi connectivity index (χ2n) is 6.53. The molecule has 0 radical (unpaired) electrons. The van der Waals surface area contributed by atoms with Crippen LogP contribution < -0.4 is 4.90 Å². The topological polar surface area (TPSA) is 63.0 Å². The molecule has 1 saturated heterocycles. The third-order valence-electron chi connectivity index (χ3n) is 4.84. The molecule has 1 aliphatic carbocycles. The van der Waals surface area contributed by atoms with Crippen molar-refractivity contribution in [2.24, 2.45) is 0 Å². The van der Waals surface area contributed by atoms with Crippen molar-refractivity contribution in [3.05, 3.63) is 30.5 Å². The largest absolute Gasteiger partial charge is 0.355 e. The van der Waals surface area contributed by atoms with Gasteiger partial charge in [0, 0.05) is 44.8 Å². The number of nitrogens with zero attached hydrogens (tertiary/aromatic N) is 7. The van der Waals surface area contributed by atoms with Crippen LogP contribution in [-0.4, -0.2) is 62.6 Å². The molecule has 1 unspecified atom stereocenters. The summed E-state index contributed by atoms with van der Waals surface area (Å²) in [6, 6.07) is 2.55. The summed E-state index contributed by atoms with van der Waals surface area (Å²) in [4.78, 5) is 15.7. The van der Waals surface area contributed by atoms with E-state index in [2.05, 4.69) is 32.0 Å². The highest BCUT2D eigenvalue weighted by atomic mass is 15.5. The lowest BCUT2D eigenvalue weighted by Gasteiger charge is -2.26. The monoisotopic (exact) mass is 313 g/mol. The molecule has 4 rings (SSSR count). The molecule has 3 heterocycles. The molecule has 0 N–H and O–H groups in total. The molecule has 2 aromatic heterocycles. The van der Waals surface area contributed by atoms with Crippen molar-refractivity contribution in [1.29, 1.82) is 0 Å². The number of likely N-dealkylation sites (N-methyl/N-ethyl adjacent to an activating group) is 1. The van der Waals surface area contributed by atoms with E-state index in [0.717, 1.165) is 37.8 Å². The van der Waals surface area contributed by atoms with Gasteiger partial charge in [-0.1, -0.05) is 0 Å². The van der Waals surface area contributed by atoms with Crippen LogP contribution in [0.1, 0.15) is 31.0 Å². The SMILES string of the molecule is CN(c1ccnc(C2CC2)n1)C1CCN(CCn2nccn2)C1. The maximum absolute atomic E-state index is 4.76. The molecule has 7 heteroatoms. The first kappa shape index (κ1) is 14.6. The Hall–Kier alpha value is -2.02. The van der Waals surface area contributed by atoms with Crippen molar-refractivity contribution in [1.82, 2.24) is 29.9 Å². The minimum atomic E-state index is 0.516. The lowest BCUT2D eigenvalue weighted by molar-refractivity contribution is 0.302. The van der Waals surface area contributed by atoms with Gasteiger partial charge in [-0.2, -0.15) is 15.0 Å². The summed E-state index contributed by atoms with van der Waals surface area (Å²) in [6.45, 7) is 4.04. The molecule has 2 aliphatic rings. The van der Waals surface area contributed by atoms with Crippen molar-refractivity contribution in [2.45, 2.75) is 37.8 Å². The van der Waals surface area contributed by atoms with E-state index in [-0.39, 0.29) is 0 Å². The number of hydrogen-bond acceptors (Lipinski definition) is 6. The zero-order valence-corrected chi connectivity index (χ0v) is 13.5. The van der Waals surface area contributed by atoms with Crippen LogP contribution in [-0.2, 0) is 6.54 Å². The fourth-order valence-corrected chi connectivity index (χ4v) is 3.21. The van der Waals surface area contributed by atoms with Crippen molar-refractivity contribution in [3.8, 4) is 0 Å². The van der Waals surface area contributed by atoms with Gasteiger partial charge in [0.1, 0.15) is 11.6 Å². The summed E-state index contributed by atoms with van der Waals surface area (Å²) in [5.74, 6) is 2.68. The first-order valence-electron chi connectivity index (χ1n) is 8.42. The van der Waals surface area contributed by atoms with Crippen LogP contribution >= 0.6 is 0 Å². The van der Waals surface area contributed by atoms with Gasteiger partial charge >= 0.3 is 0 Å². The van der Waals surface area contributed by atoms with E-state index in [0.29, 0.717) is 12.0 Å². The maximum Gasteiger partial charge on any atom is 0.133 e. The molecule has 0 amide bonds. The van der Waals surface area contributed by atoms with Gasteiger partial charge in [-0.05, 0) is 25.3 Å². The molecule has 1 aliphatic heterocycles. The Morgan fingerprint density at radius 3 is 2.74 bits per heavy atom. The summed E-state index contributed by atoms with van der Waals surface area (Å²) < 4.78 is 0. The fraction of sp³-hybridized carbons (Fsp3) is 0.625. The van der Waals surface area contributed by atoms with Crippen molar-refractivity contribution >= 4 is 5.82 Å². The Bertz CT molecular complexity index is 638. The molecule has 2 fully saturated rings.